The van der Waals surface area contributed by atoms with Crippen LogP contribution in [0.5, 0.6) is 0 Å². The van der Waals surface area contributed by atoms with E-state index >= 15 is 0 Å². The fourth-order valence-electron chi connectivity index (χ4n) is 6.60. The van der Waals surface area contributed by atoms with E-state index in [1.165, 1.54) is 4.90 Å². The van der Waals surface area contributed by atoms with E-state index in [9.17, 15) is 19.2 Å². The first-order chi connectivity index (χ1) is 22.6. The predicted octanol–water partition coefficient (Wildman–Crippen LogP) is 5.99. The number of nitrogens with one attached hydrogen (secondary N) is 2. The lowest BCUT2D eigenvalue weighted by Gasteiger charge is -2.46. The average molecular weight is 651 g/mol. The van der Waals surface area contributed by atoms with Crippen LogP contribution in [0, 0.1) is 0 Å². The van der Waals surface area contributed by atoms with Crippen LogP contribution in [-0.4, -0.2) is 65.4 Å². The predicted molar refractivity (Wildman–Crippen MR) is 183 cm³/mol. The SMILES string of the molecule is C[Si](C)(C)CCOC(=O)C[C@H](Cc1ccccc1)NC(=O)[C@@H]1Cc2c([nH]c3ccccc23)[C@@H]2CC(=O)N(Cc3ccccc3)C(=O)N12. The number of imide groups is 1. The van der Waals surface area contributed by atoms with Crippen molar-refractivity contribution in [2.45, 2.75) is 76.0 Å². The Hall–Kier alpha value is -4.70. The topological polar surface area (TPSA) is 112 Å². The van der Waals surface area contributed by atoms with Gasteiger partial charge in [0.05, 0.1) is 32.0 Å². The number of fused-ring (bicyclic) bond motifs is 5. The first-order valence-corrected chi connectivity index (χ1v) is 20.0. The van der Waals surface area contributed by atoms with Crippen molar-refractivity contribution in [3.05, 3.63) is 107 Å². The van der Waals surface area contributed by atoms with Gasteiger partial charge in [0, 0.05) is 37.1 Å². The molecule has 0 aliphatic carbocycles. The fraction of sp³-hybridized carbons (Fsp3) is 0.351. The summed E-state index contributed by atoms with van der Waals surface area (Å²) in [7, 11) is -1.39. The summed E-state index contributed by atoms with van der Waals surface area (Å²) < 4.78 is 5.61. The van der Waals surface area contributed by atoms with Crippen LogP contribution >= 0.6 is 0 Å². The number of amides is 4. The Morgan fingerprint density at radius 1 is 0.915 bits per heavy atom. The summed E-state index contributed by atoms with van der Waals surface area (Å²) in [6.45, 7) is 7.17. The molecule has 0 radical (unpaired) electrons. The van der Waals surface area contributed by atoms with E-state index in [1.807, 2.05) is 84.9 Å². The van der Waals surface area contributed by atoms with E-state index in [4.69, 9.17) is 4.74 Å². The van der Waals surface area contributed by atoms with E-state index in [0.29, 0.717) is 13.0 Å². The van der Waals surface area contributed by atoms with Gasteiger partial charge < -0.3 is 19.9 Å². The minimum atomic E-state index is -1.39. The number of carbonyl (C=O) groups excluding carboxylic acids is 4. The average Bonchev–Trinajstić information content (AvgIpc) is 3.42. The van der Waals surface area contributed by atoms with Crippen molar-refractivity contribution in [3.8, 4) is 0 Å². The molecule has 1 aromatic heterocycles. The molecule has 2 N–H and O–H groups in total. The van der Waals surface area contributed by atoms with Crippen molar-refractivity contribution in [3.63, 3.8) is 0 Å². The third-order valence-corrected chi connectivity index (χ3v) is 10.8. The normalized spacial score (nSPS) is 18.4. The maximum Gasteiger partial charge on any atom is 0.328 e. The number of esters is 1. The molecule has 1 fully saturated rings. The van der Waals surface area contributed by atoms with Crippen LogP contribution in [0.25, 0.3) is 10.9 Å². The van der Waals surface area contributed by atoms with Crippen molar-refractivity contribution >= 4 is 42.8 Å². The van der Waals surface area contributed by atoms with E-state index in [-0.39, 0.29) is 43.6 Å². The molecule has 0 unspecified atom stereocenters. The van der Waals surface area contributed by atoms with Crippen LogP contribution in [0.3, 0.4) is 0 Å². The minimum absolute atomic E-state index is 0.00732. The lowest BCUT2D eigenvalue weighted by atomic mass is 9.88. The zero-order valence-electron chi connectivity index (χ0n) is 27.2. The molecule has 0 bridgehead atoms. The molecule has 9 nitrogen and oxygen atoms in total. The summed E-state index contributed by atoms with van der Waals surface area (Å²) in [5.41, 5.74) is 4.43. The molecule has 0 saturated carbocycles. The van der Waals surface area contributed by atoms with Gasteiger partial charge >= 0.3 is 12.0 Å². The van der Waals surface area contributed by atoms with Crippen LogP contribution in [0.1, 0.15) is 41.3 Å². The van der Waals surface area contributed by atoms with Gasteiger partial charge in [0.15, 0.2) is 0 Å². The summed E-state index contributed by atoms with van der Waals surface area (Å²) in [5, 5.41) is 4.11. The standard InChI is InChI=1S/C37H42N4O5Si/c1-47(2,3)19-18-46-34(43)21-27(20-25-12-6-4-7-13-25)38-36(44)32-22-29-28-16-10-11-17-30(28)39-35(29)31-23-33(42)40(37(45)41(31)32)24-26-14-8-5-9-15-26/h4-17,27,31-32,39H,18-24H2,1-3H3,(H,38,44)/t27-,31-,32-/m0/s1. The summed E-state index contributed by atoms with van der Waals surface area (Å²) in [6, 6.07) is 25.2. The molecule has 2 aliphatic rings. The number of nitrogens with zero attached hydrogens (tertiary/aromatic N) is 2. The van der Waals surface area contributed by atoms with Gasteiger partial charge in [-0.05, 0) is 35.2 Å². The number of aromatic nitrogens is 1. The Balaban J connectivity index is 1.29. The van der Waals surface area contributed by atoms with Crippen molar-refractivity contribution in [2.75, 3.05) is 6.61 Å². The highest BCUT2D eigenvalue weighted by atomic mass is 28.3. The zero-order chi connectivity index (χ0) is 33.1. The molecule has 3 atom stereocenters. The first-order valence-electron chi connectivity index (χ1n) is 16.3. The number of benzene rings is 3. The number of aromatic amines is 1. The second-order valence-electron chi connectivity index (χ2n) is 13.8. The van der Waals surface area contributed by atoms with Gasteiger partial charge in [-0.1, -0.05) is 98.5 Å². The third-order valence-electron chi connectivity index (χ3n) is 9.06. The van der Waals surface area contributed by atoms with Crippen LogP contribution < -0.4 is 5.32 Å². The summed E-state index contributed by atoms with van der Waals surface area (Å²) >= 11 is 0. The number of H-pyrrole nitrogens is 1. The van der Waals surface area contributed by atoms with Gasteiger partial charge in [0.25, 0.3) is 0 Å². The quantitative estimate of drug-likeness (QED) is 0.153. The Kier molecular flexibility index (Phi) is 9.31. The van der Waals surface area contributed by atoms with Gasteiger partial charge in [0.2, 0.25) is 11.8 Å². The summed E-state index contributed by atoms with van der Waals surface area (Å²) in [4.78, 5) is 61.4. The highest BCUT2D eigenvalue weighted by molar-refractivity contribution is 6.76. The van der Waals surface area contributed by atoms with Gasteiger partial charge in [0.1, 0.15) is 6.04 Å². The largest absolute Gasteiger partial charge is 0.466 e. The molecule has 244 valence electrons. The number of rotatable bonds is 11. The van der Waals surface area contributed by atoms with E-state index in [0.717, 1.165) is 39.3 Å². The highest BCUT2D eigenvalue weighted by Gasteiger charge is 2.49. The molecule has 3 heterocycles. The highest BCUT2D eigenvalue weighted by Crippen LogP contribution is 2.42. The number of hydrogen-bond donors (Lipinski definition) is 2. The van der Waals surface area contributed by atoms with Crippen molar-refractivity contribution in [1.29, 1.82) is 0 Å². The van der Waals surface area contributed by atoms with Crippen LogP contribution in [0.2, 0.25) is 25.7 Å². The first kappa shape index (κ1) is 32.2. The van der Waals surface area contributed by atoms with E-state index in [2.05, 4.69) is 29.9 Å². The molecule has 0 spiro atoms. The number of urea groups is 1. The number of hydrogen-bond acceptors (Lipinski definition) is 5. The second kappa shape index (κ2) is 13.6. The molecule has 3 aromatic carbocycles. The summed E-state index contributed by atoms with van der Waals surface area (Å²) in [6.07, 6.45) is 0.767. The maximum atomic E-state index is 14.4. The van der Waals surface area contributed by atoms with Gasteiger partial charge in [-0.25, -0.2) is 4.79 Å². The Labute approximate surface area is 276 Å². The van der Waals surface area contributed by atoms with Gasteiger partial charge in [-0.3, -0.25) is 19.3 Å². The van der Waals surface area contributed by atoms with Gasteiger partial charge in [-0.15, -0.1) is 0 Å². The number of para-hydroxylation sites is 1. The molecule has 1 saturated heterocycles. The lowest BCUT2D eigenvalue weighted by molar-refractivity contribution is -0.144. The monoisotopic (exact) mass is 650 g/mol. The molecular weight excluding hydrogens is 609 g/mol. The third kappa shape index (κ3) is 7.33. The molecule has 2 aliphatic heterocycles. The van der Waals surface area contributed by atoms with Crippen molar-refractivity contribution in [2.24, 2.45) is 0 Å². The maximum absolute atomic E-state index is 14.4. The number of carbonyl (C=O) groups is 4. The molecule has 4 amide bonds. The molecular formula is C37H42N4O5Si. The van der Waals surface area contributed by atoms with Crippen LogP contribution in [-0.2, 0) is 38.5 Å². The smallest absolute Gasteiger partial charge is 0.328 e. The van der Waals surface area contributed by atoms with Crippen molar-refractivity contribution < 1.29 is 23.9 Å². The molecule has 10 heteroatoms. The lowest BCUT2D eigenvalue weighted by Crippen LogP contribution is -2.62. The Morgan fingerprint density at radius 2 is 1.57 bits per heavy atom. The minimum Gasteiger partial charge on any atom is -0.466 e. The molecule has 6 rings (SSSR count). The fourth-order valence-corrected chi connectivity index (χ4v) is 7.32. The summed E-state index contributed by atoms with van der Waals surface area (Å²) in [5.74, 6) is -1.00. The van der Waals surface area contributed by atoms with Gasteiger partial charge in [-0.2, -0.15) is 0 Å². The second-order valence-corrected chi connectivity index (χ2v) is 19.4. The van der Waals surface area contributed by atoms with E-state index < -0.39 is 32.2 Å². The Morgan fingerprint density at radius 3 is 2.28 bits per heavy atom. The van der Waals surface area contributed by atoms with Crippen molar-refractivity contribution in [1.82, 2.24) is 20.1 Å². The molecule has 47 heavy (non-hydrogen) atoms. The molecule has 4 aromatic rings. The zero-order valence-corrected chi connectivity index (χ0v) is 28.2. The van der Waals surface area contributed by atoms with Crippen LogP contribution in [0.4, 0.5) is 4.79 Å². The van der Waals surface area contributed by atoms with E-state index in [1.54, 1.807) is 4.90 Å². The Bertz CT molecular complexity index is 1770. The van der Waals surface area contributed by atoms with Crippen LogP contribution in [0.15, 0.2) is 84.9 Å². The number of ether oxygens (including phenoxy) is 1.